The number of aryl methyl sites for hydroxylation is 1. The molecule has 0 saturated carbocycles. The lowest BCUT2D eigenvalue weighted by Gasteiger charge is -2.11. The normalized spacial score (nSPS) is 10.5. The third kappa shape index (κ3) is 3.23. The number of rotatable bonds is 6. The Kier molecular flexibility index (Phi) is 4.35. The standard InChI is InChI=1S/C13H18N4O2/c1-17-9-10(7-16-17)6-14-8-11-13(19-3)12(18-2)4-5-15-11/h4-5,7,9,14H,6,8H2,1-3H3. The Morgan fingerprint density at radius 2 is 2.11 bits per heavy atom. The summed E-state index contributed by atoms with van der Waals surface area (Å²) in [5.41, 5.74) is 1.95. The zero-order valence-electron chi connectivity index (χ0n) is 11.4. The summed E-state index contributed by atoms with van der Waals surface area (Å²) in [5, 5.41) is 7.43. The van der Waals surface area contributed by atoms with Gasteiger partial charge in [-0.2, -0.15) is 5.10 Å². The van der Waals surface area contributed by atoms with Gasteiger partial charge in [-0.15, -0.1) is 0 Å². The first-order valence-corrected chi connectivity index (χ1v) is 5.98. The fraction of sp³-hybridized carbons (Fsp3) is 0.385. The fourth-order valence-electron chi connectivity index (χ4n) is 1.86. The van der Waals surface area contributed by atoms with Gasteiger partial charge in [-0.3, -0.25) is 9.67 Å². The topological polar surface area (TPSA) is 61.2 Å². The van der Waals surface area contributed by atoms with Crippen LogP contribution in [0.1, 0.15) is 11.3 Å². The molecule has 0 aromatic carbocycles. The Bertz CT molecular complexity index is 539. The second-order valence-electron chi connectivity index (χ2n) is 4.12. The van der Waals surface area contributed by atoms with Crippen molar-refractivity contribution in [1.29, 1.82) is 0 Å². The maximum Gasteiger partial charge on any atom is 0.183 e. The molecule has 102 valence electrons. The highest BCUT2D eigenvalue weighted by molar-refractivity contribution is 5.42. The molecular formula is C13H18N4O2. The highest BCUT2D eigenvalue weighted by Crippen LogP contribution is 2.28. The van der Waals surface area contributed by atoms with Crippen LogP contribution in [0.2, 0.25) is 0 Å². The van der Waals surface area contributed by atoms with Crippen molar-refractivity contribution in [3.8, 4) is 11.5 Å². The Morgan fingerprint density at radius 1 is 1.26 bits per heavy atom. The summed E-state index contributed by atoms with van der Waals surface area (Å²) < 4.78 is 12.3. The van der Waals surface area contributed by atoms with E-state index in [2.05, 4.69) is 15.4 Å². The van der Waals surface area contributed by atoms with Gasteiger partial charge in [0.1, 0.15) is 0 Å². The molecule has 0 saturated heterocycles. The van der Waals surface area contributed by atoms with Crippen molar-refractivity contribution in [3.05, 3.63) is 35.9 Å². The lowest BCUT2D eigenvalue weighted by atomic mass is 10.3. The maximum absolute atomic E-state index is 5.33. The van der Waals surface area contributed by atoms with Gasteiger partial charge < -0.3 is 14.8 Å². The van der Waals surface area contributed by atoms with Crippen LogP contribution in [0.3, 0.4) is 0 Å². The van der Waals surface area contributed by atoms with Crippen LogP contribution < -0.4 is 14.8 Å². The highest BCUT2D eigenvalue weighted by atomic mass is 16.5. The number of aromatic nitrogens is 3. The van der Waals surface area contributed by atoms with E-state index in [9.17, 15) is 0 Å². The molecule has 0 bridgehead atoms. The predicted molar refractivity (Wildman–Crippen MR) is 71.1 cm³/mol. The smallest absolute Gasteiger partial charge is 0.183 e. The number of nitrogens with zero attached hydrogens (tertiary/aromatic N) is 3. The first-order valence-electron chi connectivity index (χ1n) is 5.98. The van der Waals surface area contributed by atoms with Gasteiger partial charge in [0.25, 0.3) is 0 Å². The van der Waals surface area contributed by atoms with Crippen molar-refractivity contribution in [2.24, 2.45) is 7.05 Å². The van der Waals surface area contributed by atoms with E-state index < -0.39 is 0 Å². The molecule has 0 radical (unpaired) electrons. The Hall–Kier alpha value is -2.08. The van der Waals surface area contributed by atoms with Crippen molar-refractivity contribution in [2.45, 2.75) is 13.1 Å². The zero-order chi connectivity index (χ0) is 13.7. The molecule has 6 nitrogen and oxygen atoms in total. The SMILES string of the molecule is COc1ccnc(CNCc2cnn(C)c2)c1OC. The van der Waals surface area contributed by atoms with Gasteiger partial charge in [0.05, 0.1) is 26.1 Å². The van der Waals surface area contributed by atoms with E-state index in [1.165, 1.54) is 0 Å². The fourth-order valence-corrected chi connectivity index (χ4v) is 1.86. The molecule has 0 unspecified atom stereocenters. The Balaban J connectivity index is 1.99. The number of hydrogen-bond donors (Lipinski definition) is 1. The van der Waals surface area contributed by atoms with Gasteiger partial charge in [0.15, 0.2) is 11.5 Å². The lowest BCUT2D eigenvalue weighted by Crippen LogP contribution is -2.14. The zero-order valence-corrected chi connectivity index (χ0v) is 11.4. The molecule has 0 aliphatic rings. The molecule has 2 aromatic heterocycles. The minimum Gasteiger partial charge on any atom is -0.493 e. The monoisotopic (exact) mass is 262 g/mol. The number of methoxy groups -OCH3 is 2. The lowest BCUT2D eigenvalue weighted by molar-refractivity contribution is 0.348. The van der Waals surface area contributed by atoms with E-state index in [0.717, 1.165) is 17.8 Å². The van der Waals surface area contributed by atoms with Gasteiger partial charge in [-0.25, -0.2) is 0 Å². The molecule has 0 aliphatic heterocycles. The van der Waals surface area contributed by atoms with E-state index >= 15 is 0 Å². The van der Waals surface area contributed by atoms with Crippen LogP contribution in [0.25, 0.3) is 0 Å². The average Bonchev–Trinajstić information content (AvgIpc) is 2.84. The van der Waals surface area contributed by atoms with Crippen LogP contribution in [0.4, 0.5) is 0 Å². The van der Waals surface area contributed by atoms with Crippen molar-refractivity contribution in [1.82, 2.24) is 20.1 Å². The molecule has 0 fully saturated rings. The maximum atomic E-state index is 5.33. The van der Waals surface area contributed by atoms with Gasteiger partial charge in [-0.05, 0) is 0 Å². The summed E-state index contributed by atoms with van der Waals surface area (Å²) in [5.74, 6) is 1.36. The molecule has 19 heavy (non-hydrogen) atoms. The second kappa shape index (κ2) is 6.19. The summed E-state index contributed by atoms with van der Waals surface area (Å²) in [7, 11) is 5.13. The highest BCUT2D eigenvalue weighted by Gasteiger charge is 2.10. The largest absolute Gasteiger partial charge is 0.493 e. The first kappa shape index (κ1) is 13.4. The van der Waals surface area contributed by atoms with Crippen molar-refractivity contribution in [2.75, 3.05) is 14.2 Å². The molecule has 0 atom stereocenters. The van der Waals surface area contributed by atoms with Crippen LogP contribution in [0.5, 0.6) is 11.5 Å². The van der Waals surface area contributed by atoms with Crippen molar-refractivity contribution >= 4 is 0 Å². The van der Waals surface area contributed by atoms with E-state index in [1.807, 2.05) is 19.4 Å². The molecule has 1 N–H and O–H groups in total. The third-order valence-corrected chi connectivity index (χ3v) is 2.75. The summed E-state index contributed by atoms with van der Waals surface area (Å²) in [6.07, 6.45) is 5.52. The number of hydrogen-bond acceptors (Lipinski definition) is 5. The number of nitrogens with one attached hydrogen (secondary N) is 1. The second-order valence-corrected chi connectivity index (χ2v) is 4.12. The quantitative estimate of drug-likeness (QED) is 0.845. The van der Waals surface area contributed by atoms with Gasteiger partial charge >= 0.3 is 0 Å². The number of ether oxygens (including phenoxy) is 2. The molecule has 2 heterocycles. The molecule has 0 spiro atoms. The summed E-state index contributed by atoms with van der Waals surface area (Å²) in [6, 6.07) is 1.78. The van der Waals surface area contributed by atoms with E-state index in [0.29, 0.717) is 18.0 Å². The van der Waals surface area contributed by atoms with Crippen LogP contribution in [0.15, 0.2) is 24.7 Å². The van der Waals surface area contributed by atoms with Crippen LogP contribution in [-0.4, -0.2) is 29.0 Å². The first-order chi connectivity index (χ1) is 9.24. The van der Waals surface area contributed by atoms with Crippen molar-refractivity contribution in [3.63, 3.8) is 0 Å². The molecule has 2 rings (SSSR count). The van der Waals surface area contributed by atoms with Gasteiger partial charge in [0, 0.05) is 44.2 Å². The van der Waals surface area contributed by atoms with Crippen LogP contribution in [0, 0.1) is 0 Å². The summed E-state index contributed by atoms with van der Waals surface area (Å²) in [4.78, 5) is 4.31. The molecule has 0 amide bonds. The van der Waals surface area contributed by atoms with Crippen LogP contribution >= 0.6 is 0 Å². The van der Waals surface area contributed by atoms with E-state index in [1.54, 1.807) is 31.2 Å². The minimum atomic E-state index is 0.606. The summed E-state index contributed by atoms with van der Waals surface area (Å²) in [6.45, 7) is 1.34. The third-order valence-electron chi connectivity index (χ3n) is 2.75. The minimum absolute atomic E-state index is 0.606. The summed E-state index contributed by atoms with van der Waals surface area (Å²) >= 11 is 0. The molecular weight excluding hydrogens is 244 g/mol. The van der Waals surface area contributed by atoms with Crippen LogP contribution in [-0.2, 0) is 20.1 Å². The van der Waals surface area contributed by atoms with Crippen molar-refractivity contribution < 1.29 is 9.47 Å². The Labute approximate surface area is 112 Å². The van der Waals surface area contributed by atoms with E-state index in [4.69, 9.17) is 9.47 Å². The molecule has 0 aliphatic carbocycles. The molecule has 6 heteroatoms. The predicted octanol–water partition coefficient (Wildman–Crippen LogP) is 1.12. The number of pyridine rings is 1. The Morgan fingerprint density at radius 3 is 2.74 bits per heavy atom. The van der Waals surface area contributed by atoms with E-state index in [-0.39, 0.29) is 0 Å². The van der Waals surface area contributed by atoms with Gasteiger partial charge in [-0.1, -0.05) is 0 Å². The molecule has 2 aromatic rings. The van der Waals surface area contributed by atoms with Gasteiger partial charge in [0.2, 0.25) is 0 Å². The average molecular weight is 262 g/mol.